The van der Waals surface area contributed by atoms with Gasteiger partial charge in [-0.15, -0.1) is 0 Å². The average Bonchev–Trinajstić information content (AvgIpc) is 3.12. The van der Waals surface area contributed by atoms with Crippen LogP contribution in [-0.4, -0.2) is 47.1 Å². The Morgan fingerprint density at radius 2 is 2.12 bits per heavy atom. The molecular weight excluding hydrogens is 314 g/mol. The summed E-state index contributed by atoms with van der Waals surface area (Å²) >= 11 is 0. The second-order valence-corrected chi connectivity index (χ2v) is 6.66. The van der Waals surface area contributed by atoms with E-state index in [1.165, 1.54) is 11.1 Å². The van der Waals surface area contributed by atoms with E-state index in [2.05, 4.69) is 53.0 Å². The fourth-order valence-electron chi connectivity index (χ4n) is 3.47. The van der Waals surface area contributed by atoms with Crippen LogP contribution in [0.25, 0.3) is 0 Å². The van der Waals surface area contributed by atoms with Crippen molar-refractivity contribution in [3.8, 4) is 0 Å². The Hall–Kier alpha value is -2.40. The molecule has 1 aliphatic heterocycles. The molecule has 25 heavy (non-hydrogen) atoms. The second-order valence-electron chi connectivity index (χ2n) is 6.66. The quantitative estimate of drug-likeness (QED) is 0.876. The number of aryl methyl sites for hydroxylation is 1. The van der Waals surface area contributed by atoms with Crippen LogP contribution < -0.4 is 4.90 Å². The molecule has 1 aromatic heterocycles. The largest absolute Gasteiger partial charge is 0.478 e. The van der Waals surface area contributed by atoms with Crippen molar-refractivity contribution in [3.05, 3.63) is 59.3 Å². The summed E-state index contributed by atoms with van der Waals surface area (Å²) in [6.07, 6.45) is 3.72. The van der Waals surface area contributed by atoms with Crippen LogP contribution in [0, 0.1) is 0 Å². The third-order valence-electron chi connectivity index (χ3n) is 4.93. The van der Waals surface area contributed by atoms with Crippen LogP contribution in [0.3, 0.4) is 0 Å². The lowest BCUT2D eigenvalue weighted by Crippen LogP contribution is -2.34. The Bertz CT molecular complexity index is 747. The van der Waals surface area contributed by atoms with Crippen molar-refractivity contribution in [1.29, 1.82) is 0 Å². The summed E-state index contributed by atoms with van der Waals surface area (Å²) in [4.78, 5) is 20.2. The van der Waals surface area contributed by atoms with Crippen LogP contribution in [0.5, 0.6) is 0 Å². The van der Waals surface area contributed by atoms with E-state index < -0.39 is 5.97 Å². The summed E-state index contributed by atoms with van der Waals surface area (Å²) in [5, 5.41) is 9.37. The smallest absolute Gasteiger partial charge is 0.339 e. The van der Waals surface area contributed by atoms with Crippen molar-refractivity contribution in [2.75, 3.05) is 25.0 Å². The molecule has 3 rings (SSSR count). The van der Waals surface area contributed by atoms with Gasteiger partial charge in [0, 0.05) is 31.9 Å². The first-order valence-corrected chi connectivity index (χ1v) is 8.79. The highest BCUT2D eigenvalue weighted by Gasteiger charge is 2.28. The van der Waals surface area contributed by atoms with Crippen LogP contribution in [0.1, 0.15) is 34.8 Å². The molecule has 0 radical (unpaired) electrons. The number of carboxylic acids is 1. The Labute approximate surface area is 148 Å². The molecule has 0 spiro atoms. The van der Waals surface area contributed by atoms with Crippen LogP contribution in [-0.2, 0) is 13.0 Å². The van der Waals surface area contributed by atoms with E-state index in [1.807, 2.05) is 0 Å². The average molecular weight is 339 g/mol. The number of hydrogen-bond donors (Lipinski definition) is 1. The van der Waals surface area contributed by atoms with Crippen LogP contribution in [0.15, 0.2) is 42.6 Å². The molecule has 0 aliphatic carbocycles. The summed E-state index contributed by atoms with van der Waals surface area (Å²) < 4.78 is 0. The number of carboxylic acid groups (broad SMARTS) is 1. The minimum absolute atomic E-state index is 0.279. The maximum atomic E-state index is 11.4. The molecular formula is C20H25N3O2. The number of aromatic carboxylic acids is 1. The van der Waals surface area contributed by atoms with E-state index in [0.29, 0.717) is 11.9 Å². The lowest BCUT2D eigenvalue weighted by Gasteiger charge is -2.25. The third-order valence-corrected chi connectivity index (χ3v) is 4.93. The first kappa shape index (κ1) is 17.4. The molecule has 5 heteroatoms. The zero-order valence-corrected chi connectivity index (χ0v) is 14.9. The Morgan fingerprint density at radius 3 is 2.88 bits per heavy atom. The Morgan fingerprint density at radius 1 is 1.32 bits per heavy atom. The summed E-state index contributed by atoms with van der Waals surface area (Å²) in [6.45, 7) is 4.72. The van der Waals surface area contributed by atoms with Gasteiger partial charge >= 0.3 is 5.97 Å². The van der Waals surface area contributed by atoms with Gasteiger partial charge in [-0.2, -0.15) is 0 Å². The maximum Gasteiger partial charge on any atom is 0.339 e. The van der Waals surface area contributed by atoms with Crippen molar-refractivity contribution >= 4 is 11.8 Å². The van der Waals surface area contributed by atoms with Crippen LogP contribution in [0.4, 0.5) is 5.82 Å². The third kappa shape index (κ3) is 3.99. The lowest BCUT2D eigenvalue weighted by atomic mass is 10.1. The highest BCUT2D eigenvalue weighted by Crippen LogP contribution is 2.25. The Kier molecular flexibility index (Phi) is 5.34. The molecule has 2 aromatic rings. The van der Waals surface area contributed by atoms with E-state index in [0.717, 1.165) is 32.5 Å². The molecule has 132 valence electrons. The fourth-order valence-corrected chi connectivity index (χ4v) is 3.47. The summed E-state index contributed by atoms with van der Waals surface area (Å²) in [7, 11) is 2.14. The minimum Gasteiger partial charge on any atom is -0.478 e. The topological polar surface area (TPSA) is 56.7 Å². The SMILES string of the molecule is CCc1cccc(CN(C)[C@H]2CCN(c3ncccc3C(=O)O)C2)c1. The number of likely N-dealkylation sites (N-methyl/N-ethyl adjacent to an activating group) is 1. The Balaban J connectivity index is 1.67. The molecule has 5 nitrogen and oxygen atoms in total. The highest BCUT2D eigenvalue weighted by molar-refractivity contribution is 5.93. The van der Waals surface area contributed by atoms with Gasteiger partial charge in [-0.1, -0.05) is 31.2 Å². The van der Waals surface area contributed by atoms with Gasteiger partial charge < -0.3 is 10.0 Å². The molecule has 0 amide bonds. The minimum atomic E-state index is -0.920. The fraction of sp³-hybridized carbons (Fsp3) is 0.400. The number of carbonyl (C=O) groups is 1. The van der Waals surface area contributed by atoms with Crippen molar-refractivity contribution in [3.63, 3.8) is 0 Å². The standard InChI is InChI=1S/C20H25N3O2/c1-3-15-6-4-7-16(12-15)13-22(2)17-9-11-23(14-17)19-18(20(24)25)8-5-10-21-19/h4-8,10,12,17H,3,9,11,13-14H2,1-2H3,(H,24,25)/t17-/m0/s1. The van der Waals surface area contributed by atoms with Gasteiger partial charge in [0.1, 0.15) is 11.4 Å². The predicted octanol–water partition coefficient (Wildman–Crippen LogP) is 3.05. The first-order chi connectivity index (χ1) is 12.1. The summed E-state index contributed by atoms with van der Waals surface area (Å²) in [6, 6.07) is 12.4. The number of rotatable bonds is 6. The molecule has 2 heterocycles. The molecule has 0 saturated carbocycles. The summed E-state index contributed by atoms with van der Waals surface area (Å²) in [5.41, 5.74) is 2.96. The van der Waals surface area contributed by atoms with E-state index in [9.17, 15) is 9.90 Å². The van der Waals surface area contributed by atoms with Gasteiger partial charge in [-0.25, -0.2) is 9.78 Å². The molecule has 1 fully saturated rings. The molecule has 0 unspecified atom stereocenters. The number of anilines is 1. The maximum absolute atomic E-state index is 11.4. The zero-order chi connectivity index (χ0) is 17.8. The van der Waals surface area contributed by atoms with Gasteiger partial charge in [0.05, 0.1) is 0 Å². The van der Waals surface area contributed by atoms with Crippen LogP contribution in [0.2, 0.25) is 0 Å². The molecule has 0 bridgehead atoms. The molecule has 1 aliphatic rings. The first-order valence-electron chi connectivity index (χ1n) is 8.79. The van der Waals surface area contributed by atoms with Gasteiger partial charge in [-0.05, 0) is 43.1 Å². The molecule has 1 aromatic carbocycles. The van der Waals surface area contributed by atoms with Crippen molar-refractivity contribution in [2.24, 2.45) is 0 Å². The van der Waals surface area contributed by atoms with Gasteiger partial charge in [0.15, 0.2) is 0 Å². The van der Waals surface area contributed by atoms with Crippen molar-refractivity contribution < 1.29 is 9.90 Å². The number of pyridine rings is 1. The van der Waals surface area contributed by atoms with Gasteiger partial charge in [0.2, 0.25) is 0 Å². The number of hydrogen-bond acceptors (Lipinski definition) is 4. The number of benzene rings is 1. The normalized spacial score (nSPS) is 17.2. The summed E-state index contributed by atoms with van der Waals surface area (Å²) in [5.74, 6) is -0.338. The van der Waals surface area contributed by atoms with Crippen molar-refractivity contribution in [1.82, 2.24) is 9.88 Å². The van der Waals surface area contributed by atoms with E-state index in [1.54, 1.807) is 18.3 Å². The number of nitrogens with zero attached hydrogens (tertiary/aromatic N) is 3. The molecule has 1 N–H and O–H groups in total. The monoisotopic (exact) mass is 339 g/mol. The van der Waals surface area contributed by atoms with Gasteiger partial charge in [0.25, 0.3) is 0 Å². The van der Waals surface area contributed by atoms with Crippen molar-refractivity contribution in [2.45, 2.75) is 32.4 Å². The van der Waals surface area contributed by atoms with Gasteiger partial charge in [-0.3, -0.25) is 4.90 Å². The zero-order valence-electron chi connectivity index (χ0n) is 14.9. The second kappa shape index (κ2) is 7.66. The van der Waals surface area contributed by atoms with E-state index in [4.69, 9.17) is 0 Å². The molecule has 1 atom stereocenters. The molecule has 1 saturated heterocycles. The van der Waals surface area contributed by atoms with E-state index >= 15 is 0 Å². The highest BCUT2D eigenvalue weighted by atomic mass is 16.4. The van der Waals surface area contributed by atoms with E-state index in [-0.39, 0.29) is 5.56 Å². The lowest BCUT2D eigenvalue weighted by molar-refractivity contribution is 0.0697. The van der Waals surface area contributed by atoms with Crippen LogP contribution >= 0.6 is 0 Å². The number of aromatic nitrogens is 1. The predicted molar refractivity (Wildman–Crippen MR) is 99.1 cm³/mol.